The van der Waals surface area contributed by atoms with Gasteiger partial charge in [-0.2, -0.15) is 0 Å². The topological polar surface area (TPSA) is 229 Å². The Morgan fingerprint density at radius 1 is 0.528 bits per heavy atom. The van der Waals surface area contributed by atoms with Gasteiger partial charge in [-0.15, -0.1) is 0 Å². The van der Waals surface area contributed by atoms with Crippen LogP contribution in [0.25, 0.3) is 11.1 Å². The van der Waals surface area contributed by atoms with Gasteiger partial charge in [0, 0.05) is 0 Å². The van der Waals surface area contributed by atoms with Gasteiger partial charge in [-0.3, -0.25) is 0 Å². The van der Waals surface area contributed by atoms with E-state index < -0.39 is 92.4 Å². The van der Waals surface area contributed by atoms with E-state index in [0.29, 0.717) is 12.1 Å². The monoisotopic (exact) mass is 722 g/mol. The van der Waals surface area contributed by atoms with Crippen LogP contribution in [0.15, 0.2) is 31.7 Å². The van der Waals surface area contributed by atoms with Crippen LogP contribution in [0, 0.1) is 13.8 Å². The van der Waals surface area contributed by atoms with E-state index in [1.807, 2.05) is 0 Å². The van der Waals surface area contributed by atoms with E-state index in [9.17, 15) is 51.9 Å². The van der Waals surface area contributed by atoms with E-state index in [-0.39, 0.29) is 206 Å². The summed E-state index contributed by atoms with van der Waals surface area (Å²) in [4.78, 5) is -5.58. The summed E-state index contributed by atoms with van der Waals surface area (Å²) in [6, 6.07) is 0.876. The Hall–Kier alpha value is 5.21. The van der Waals surface area contributed by atoms with Gasteiger partial charge in [0.1, 0.15) is 40.5 Å². The molecule has 0 bridgehead atoms. The number of hydrogen-bond acceptors (Lipinski definition) is 12. The number of hydrogen-bond donors (Lipinski definition) is 0. The van der Waals surface area contributed by atoms with Gasteiger partial charge in [0.05, 0.1) is 29.6 Å². The minimum Gasteiger partial charge on any atom is -0.744 e. The van der Waals surface area contributed by atoms with Crippen LogP contribution in [0.2, 0.25) is 10.0 Å². The molecule has 2 aromatic rings. The molecule has 0 radical (unpaired) electrons. The molecule has 0 unspecified atom stereocenters. The van der Waals surface area contributed by atoms with Crippen molar-refractivity contribution in [1.29, 1.82) is 0 Å². The minimum atomic E-state index is -5.55. The van der Waals surface area contributed by atoms with Crippen LogP contribution in [-0.2, 0) is 40.5 Å². The summed E-state index contributed by atoms with van der Waals surface area (Å²) in [6.45, 7) is 1.80. The molecule has 0 heterocycles. The van der Waals surface area contributed by atoms with E-state index in [0.717, 1.165) is 13.8 Å². The minimum absolute atomic E-state index is 0. The quantitative estimate of drug-likeness (QED) is 0.207. The van der Waals surface area contributed by atoms with Crippen LogP contribution in [-0.4, -0.2) is 51.9 Å². The van der Waals surface area contributed by atoms with Crippen molar-refractivity contribution in [2.45, 2.75) is 33.4 Å². The largest absolute Gasteiger partial charge is 1.00 e. The number of rotatable bonds is 5. The van der Waals surface area contributed by atoms with Crippen molar-refractivity contribution in [1.82, 2.24) is 0 Å². The molecule has 178 valence electrons. The van der Waals surface area contributed by atoms with Crippen LogP contribution >= 0.6 is 23.2 Å². The maximum Gasteiger partial charge on any atom is 1.00 e. The summed E-state index contributed by atoms with van der Waals surface area (Å²) < 4.78 is 139. The zero-order valence-electron chi connectivity index (χ0n) is 19.4. The molecule has 0 amide bonds. The molecular weight excluding hydrogens is 716 g/mol. The second-order valence-corrected chi connectivity index (χ2v) is 12.3. The number of benzene rings is 2. The Morgan fingerprint density at radius 2 is 0.750 bits per heavy atom. The molecule has 36 heavy (non-hydrogen) atoms. The predicted molar refractivity (Wildman–Crippen MR) is 103 cm³/mol. The maximum atomic E-state index is 11.7. The van der Waals surface area contributed by atoms with Gasteiger partial charge < -0.3 is 18.2 Å². The van der Waals surface area contributed by atoms with Crippen molar-refractivity contribution in [3.8, 4) is 11.1 Å². The van der Waals surface area contributed by atoms with Crippen LogP contribution in [0.4, 0.5) is 0 Å². The Bertz CT molecular complexity index is 1490. The second kappa shape index (κ2) is 16.5. The maximum absolute atomic E-state index is 11.7. The zero-order valence-corrected chi connectivity index (χ0v) is 36.7. The first-order chi connectivity index (χ1) is 14.1. The molecule has 0 saturated carbocycles. The molecule has 0 aliphatic carbocycles. The van der Waals surface area contributed by atoms with E-state index in [2.05, 4.69) is 0 Å². The molecular formula is C14H8Cl2K4O12S4. The predicted octanol–water partition coefficient (Wildman–Crippen LogP) is -11.1. The van der Waals surface area contributed by atoms with Crippen molar-refractivity contribution in [3.63, 3.8) is 0 Å². The Morgan fingerprint density at radius 3 is 0.917 bits per heavy atom. The first-order valence-electron chi connectivity index (χ1n) is 7.60. The fourth-order valence-corrected chi connectivity index (χ4v) is 7.37. The van der Waals surface area contributed by atoms with Gasteiger partial charge >= 0.3 is 206 Å². The normalized spacial score (nSPS) is 11.9. The first-order valence-corrected chi connectivity index (χ1v) is 14.0. The third-order valence-corrected chi connectivity index (χ3v) is 9.18. The Kier molecular flexibility index (Phi) is 20.9. The first kappa shape index (κ1) is 45.6. The van der Waals surface area contributed by atoms with Gasteiger partial charge in [0.25, 0.3) is 0 Å². The average molecular weight is 724 g/mol. The molecule has 0 aliphatic rings. The zero-order chi connectivity index (χ0) is 25.2. The van der Waals surface area contributed by atoms with Gasteiger partial charge in [0.15, 0.2) is 0 Å². The van der Waals surface area contributed by atoms with E-state index in [1.165, 1.54) is 0 Å². The summed E-state index contributed by atoms with van der Waals surface area (Å²) in [6.07, 6.45) is 0. The van der Waals surface area contributed by atoms with E-state index in [1.54, 1.807) is 0 Å². The second-order valence-electron chi connectivity index (χ2n) is 6.20. The van der Waals surface area contributed by atoms with Crippen LogP contribution in [0.1, 0.15) is 11.1 Å². The van der Waals surface area contributed by atoms with Crippen LogP contribution in [0.3, 0.4) is 0 Å². The molecule has 0 N–H and O–H groups in total. The van der Waals surface area contributed by atoms with E-state index >= 15 is 0 Å². The van der Waals surface area contributed by atoms with Gasteiger partial charge in [-0.1, -0.05) is 23.2 Å². The number of halogens is 2. The summed E-state index contributed by atoms with van der Waals surface area (Å²) >= 11 is 11.3. The molecule has 2 aromatic carbocycles. The fraction of sp³-hybridized carbons (Fsp3) is 0.143. The van der Waals surface area contributed by atoms with Crippen LogP contribution < -0.4 is 206 Å². The van der Waals surface area contributed by atoms with Crippen molar-refractivity contribution >= 4 is 63.7 Å². The molecule has 12 nitrogen and oxygen atoms in total. The smallest absolute Gasteiger partial charge is 0.744 e. The van der Waals surface area contributed by atoms with Crippen molar-refractivity contribution in [2.75, 3.05) is 0 Å². The van der Waals surface area contributed by atoms with Crippen molar-refractivity contribution < 1.29 is 257 Å². The molecule has 22 heteroatoms. The van der Waals surface area contributed by atoms with Gasteiger partial charge in [0.2, 0.25) is 0 Å². The SMILES string of the molecule is Cc1c(-c2cc(S(=O)(=O)[O-])c(Cl)c(S(=O)(=O)[O-])c2C)cc(S(=O)(=O)[O-])c(Cl)c1S(=O)(=O)[O-].[K+].[K+].[K+].[K+]. The summed E-state index contributed by atoms with van der Waals surface area (Å²) in [5, 5.41) is -2.51. The Balaban J connectivity index is -0.00000272. The van der Waals surface area contributed by atoms with Crippen molar-refractivity contribution in [2.24, 2.45) is 0 Å². The third kappa shape index (κ3) is 10.7. The molecule has 0 fully saturated rings. The van der Waals surface area contributed by atoms with Crippen molar-refractivity contribution in [3.05, 3.63) is 33.3 Å². The molecule has 0 spiro atoms. The molecule has 0 atom stereocenters. The van der Waals surface area contributed by atoms with Crippen LogP contribution in [0.5, 0.6) is 0 Å². The summed E-state index contributed by atoms with van der Waals surface area (Å²) in [5.74, 6) is 0. The third-order valence-electron chi connectivity index (χ3n) is 4.20. The molecule has 0 saturated heterocycles. The standard InChI is InChI=1S/C14H12Cl2O12S4.4K/c1-5-7(3-9(29(17,18)19)11(15)13(5)31(23,24)25)8-4-10(30(20,21)22)12(16)14(6(8)2)32(26,27)28;;;;/h3-4H,1-2H3,(H,17,18,19)(H,20,21,22)(H,23,24,25)(H,26,27,28);;;;/q;4*+1/p-4. The summed E-state index contributed by atoms with van der Waals surface area (Å²) in [5.41, 5.74) is -2.65. The van der Waals surface area contributed by atoms with E-state index in [4.69, 9.17) is 23.2 Å². The fourth-order valence-electron chi connectivity index (χ4n) is 2.92. The van der Waals surface area contributed by atoms with Gasteiger partial charge in [-0.05, 0) is 48.2 Å². The molecule has 0 aromatic heterocycles. The summed E-state index contributed by atoms with van der Waals surface area (Å²) in [7, 11) is -22.2. The van der Waals surface area contributed by atoms with Gasteiger partial charge in [-0.25, -0.2) is 33.7 Å². The molecule has 2 rings (SSSR count). The average Bonchev–Trinajstić information content (AvgIpc) is 2.51. The molecule has 0 aliphatic heterocycles. The Labute approximate surface area is 388 Å².